The molecule has 2 heterocycles. The van der Waals surface area contributed by atoms with Crippen LogP contribution in [0.3, 0.4) is 0 Å². The molecule has 0 aliphatic heterocycles. The minimum Gasteiger partial charge on any atom is -0.478 e. The number of pyridine rings is 2. The van der Waals surface area contributed by atoms with Crippen molar-refractivity contribution in [3.63, 3.8) is 0 Å². The number of aromatic carboxylic acids is 1. The quantitative estimate of drug-likeness (QED) is 0.472. The van der Waals surface area contributed by atoms with Crippen molar-refractivity contribution < 1.29 is 9.90 Å². The summed E-state index contributed by atoms with van der Waals surface area (Å²) in [4.78, 5) is 20.6. The van der Waals surface area contributed by atoms with Crippen LogP contribution in [0.5, 0.6) is 0 Å². The second kappa shape index (κ2) is 6.82. The fraction of sp³-hybridized carbons (Fsp3) is 0.0455. The first-order valence-electron chi connectivity index (χ1n) is 8.40. The van der Waals surface area contributed by atoms with Gasteiger partial charge in [0.2, 0.25) is 0 Å². The summed E-state index contributed by atoms with van der Waals surface area (Å²) in [6.07, 6.45) is 0. The molecule has 0 aliphatic rings. The minimum atomic E-state index is -0.969. The molecule has 0 saturated heterocycles. The van der Waals surface area contributed by atoms with E-state index in [0.29, 0.717) is 21.7 Å². The third-order valence-corrected chi connectivity index (χ3v) is 4.71. The number of para-hydroxylation sites is 1. The molecule has 1 N–H and O–H groups in total. The summed E-state index contributed by atoms with van der Waals surface area (Å²) in [6.45, 7) is 1.89. The molecule has 0 amide bonds. The normalized spacial score (nSPS) is 10.9. The molecule has 4 aromatic rings. The molecule has 0 radical (unpaired) electrons. The Labute approximate surface area is 161 Å². The second-order valence-corrected chi connectivity index (χ2v) is 6.60. The van der Waals surface area contributed by atoms with Gasteiger partial charge in [-0.1, -0.05) is 54.1 Å². The van der Waals surface area contributed by atoms with E-state index in [-0.39, 0.29) is 5.56 Å². The summed E-state index contributed by atoms with van der Waals surface area (Å²) in [6, 6.07) is 20.4. The van der Waals surface area contributed by atoms with Crippen LogP contribution in [0.2, 0.25) is 5.15 Å². The summed E-state index contributed by atoms with van der Waals surface area (Å²) in [5, 5.41) is 10.6. The van der Waals surface area contributed by atoms with Crippen molar-refractivity contribution in [1.29, 1.82) is 0 Å². The molecular weight excluding hydrogens is 360 g/mol. The van der Waals surface area contributed by atoms with E-state index in [0.717, 1.165) is 22.4 Å². The van der Waals surface area contributed by atoms with E-state index in [1.807, 2.05) is 61.5 Å². The van der Waals surface area contributed by atoms with Crippen molar-refractivity contribution in [2.75, 3.05) is 0 Å². The lowest BCUT2D eigenvalue weighted by molar-refractivity contribution is 0.0699. The van der Waals surface area contributed by atoms with Crippen molar-refractivity contribution in [3.8, 4) is 22.4 Å². The molecule has 5 heteroatoms. The number of carbonyl (C=O) groups is 1. The third-order valence-electron chi connectivity index (χ3n) is 4.43. The van der Waals surface area contributed by atoms with E-state index < -0.39 is 5.97 Å². The topological polar surface area (TPSA) is 63.1 Å². The first-order chi connectivity index (χ1) is 13.0. The molecule has 0 fully saturated rings. The maximum atomic E-state index is 11.7. The predicted octanol–water partition coefficient (Wildman–Crippen LogP) is 5.62. The summed E-state index contributed by atoms with van der Waals surface area (Å²) in [7, 11) is 0. The number of halogens is 1. The molecule has 4 rings (SSSR count). The largest absolute Gasteiger partial charge is 0.478 e. The van der Waals surface area contributed by atoms with Crippen molar-refractivity contribution in [2.45, 2.75) is 6.92 Å². The van der Waals surface area contributed by atoms with Gasteiger partial charge >= 0.3 is 5.97 Å². The van der Waals surface area contributed by atoms with Crippen LogP contribution in [-0.4, -0.2) is 21.0 Å². The molecule has 0 saturated carbocycles. The first kappa shape index (κ1) is 17.2. The van der Waals surface area contributed by atoms with E-state index in [9.17, 15) is 9.90 Å². The predicted molar refractivity (Wildman–Crippen MR) is 107 cm³/mol. The molecule has 0 aliphatic carbocycles. The van der Waals surface area contributed by atoms with Gasteiger partial charge in [0.25, 0.3) is 0 Å². The number of carboxylic acids is 1. The molecule has 27 heavy (non-hydrogen) atoms. The Hall–Kier alpha value is -3.24. The summed E-state index contributed by atoms with van der Waals surface area (Å²) >= 11 is 6.25. The highest BCUT2D eigenvalue weighted by Crippen LogP contribution is 2.30. The Morgan fingerprint density at radius 3 is 2.33 bits per heavy atom. The highest BCUT2D eigenvalue weighted by molar-refractivity contribution is 6.32. The van der Waals surface area contributed by atoms with Gasteiger partial charge in [0.1, 0.15) is 5.15 Å². The number of carboxylic acid groups (broad SMARTS) is 1. The lowest BCUT2D eigenvalue weighted by Gasteiger charge is -2.09. The number of hydrogen-bond donors (Lipinski definition) is 1. The molecule has 4 nitrogen and oxygen atoms in total. The van der Waals surface area contributed by atoms with Crippen LogP contribution in [0.15, 0.2) is 66.7 Å². The van der Waals surface area contributed by atoms with Gasteiger partial charge < -0.3 is 5.11 Å². The van der Waals surface area contributed by atoms with Gasteiger partial charge in [-0.3, -0.25) is 0 Å². The number of aromatic nitrogens is 2. The van der Waals surface area contributed by atoms with Crippen molar-refractivity contribution >= 4 is 28.5 Å². The molecule has 2 aromatic heterocycles. The van der Waals surface area contributed by atoms with Crippen molar-refractivity contribution in [1.82, 2.24) is 9.97 Å². The Morgan fingerprint density at radius 1 is 0.926 bits per heavy atom. The van der Waals surface area contributed by atoms with E-state index in [1.165, 1.54) is 0 Å². The highest BCUT2D eigenvalue weighted by atomic mass is 35.5. The smallest absolute Gasteiger partial charge is 0.336 e. The Balaban J connectivity index is 1.79. The Morgan fingerprint density at radius 2 is 1.63 bits per heavy atom. The van der Waals surface area contributed by atoms with Crippen LogP contribution in [-0.2, 0) is 0 Å². The zero-order valence-electron chi connectivity index (χ0n) is 14.5. The summed E-state index contributed by atoms with van der Waals surface area (Å²) < 4.78 is 0. The average Bonchev–Trinajstić information content (AvgIpc) is 2.67. The summed E-state index contributed by atoms with van der Waals surface area (Å²) in [5.41, 5.74) is 5.01. The highest BCUT2D eigenvalue weighted by Gasteiger charge is 2.13. The molecule has 0 atom stereocenters. The number of nitrogens with zero attached hydrogens (tertiary/aromatic N) is 2. The number of aryl methyl sites for hydroxylation is 1. The van der Waals surface area contributed by atoms with Crippen molar-refractivity contribution in [3.05, 3.63) is 83.1 Å². The third kappa shape index (κ3) is 3.27. The number of benzene rings is 2. The zero-order valence-corrected chi connectivity index (χ0v) is 15.2. The fourth-order valence-corrected chi connectivity index (χ4v) is 3.37. The maximum absolute atomic E-state index is 11.7. The summed E-state index contributed by atoms with van der Waals surface area (Å²) in [5.74, 6) is -0.969. The lowest BCUT2D eigenvalue weighted by Crippen LogP contribution is -2.00. The molecule has 2 aromatic carbocycles. The van der Waals surface area contributed by atoms with Gasteiger partial charge in [-0.15, -0.1) is 0 Å². The average molecular weight is 375 g/mol. The van der Waals surface area contributed by atoms with Gasteiger partial charge in [0.05, 0.1) is 16.8 Å². The van der Waals surface area contributed by atoms with E-state index in [2.05, 4.69) is 9.97 Å². The van der Waals surface area contributed by atoms with Crippen LogP contribution >= 0.6 is 11.6 Å². The second-order valence-electron chi connectivity index (χ2n) is 6.25. The molecular formula is C22H15ClN2O2. The number of rotatable bonds is 3. The number of hydrogen-bond acceptors (Lipinski definition) is 3. The maximum Gasteiger partial charge on any atom is 0.336 e. The van der Waals surface area contributed by atoms with Gasteiger partial charge in [-0.25, -0.2) is 14.8 Å². The number of fused-ring (bicyclic) bond motifs is 1. The minimum absolute atomic E-state index is 0.241. The first-order valence-corrected chi connectivity index (χ1v) is 8.78. The molecule has 132 valence electrons. The zero-order chi connectivity index (χ0) is 19.0. The van der Waals surface area contributed by atoms with Crippen LogP contribution in [0.25, 0.3) is 33.3 Å². The van der Waals surface area contributed by atoms with Crippen LogP contribution in [0.4, 0.5) is 0 Å². The van der Waals surface area contributed by atoms with Crippen molar-refractivity contribution in [2.24, 2.45) is 0 Å². The fourth-order valence-electron chi connectivity index (χ4n) is 3.06. The molecule has 0 unspecified atom stereocenters. The molecule has 0 bridgehead atoms. The molecule has 0 spiro atoms. The Bertz CT molecular complexity index is 1170. The van der Waals surface area contributed by atoms with Gasteiger partial charge in [0, 0.05) is 22.2 Å². The van der Waals surface area contributed by atoms with Crippen LogP contribution in [0.1, 0.15) is 16.1 Å². The van der Waals surface area contributed by atoms with Gasteiger partial charge in [-0.05, 0) is 36.8 Å². The van der Waals surface area contributed by atoms with E-state index in [4.69, 9.17) is 11.6 Å². The lowest BCUT2D eigenvalue weighted by atomic mass is 10.0. The monoisotopic (exact) mass is 374 g/mol. The van der Waals surface area contributed by atoms with E-state index in [1.54, 1.807) is 12.1 Å². The van der Waals surface area contributed by atoms with Gasteiger partial charge in [-0.2, -0.15) is 0 Å². The van der Waals surface area contributed by atoms with Crippen LogP contribution < -0.4 is 0 Å². The SMILES string of the molecule is Cc1ccc(-c2ccc(-c3cc(C(=O)O)c4ccccc4n3)cc2)c(Cl)n1. The Kier molecular flexibility index (Phi) is 4.34. The van der Waals surface area contributed by atoms with Gasteiger partial charge in [0.15, 0.2) is 0 Å². The standard InChI is InChI=1S/C22H15ClN2O2/c1-13-6-11-16(21(23)24-13)14-7-9-15(10-8-14)20-12-18(22(26)27)17-4-2-3-5-19(17)25-20/h2-12H,1H3,(H,26,27). The van der Waals surface area contributed by atoms with E-state index >= 15 is 0 Å². The van der Waals surface area contributed by atoms with Crippen LogP contribution in [0, 0.1) is 6.92 Å².